The summed E-state index contributed by atoms with van der Waals surface area (Å²) in [6.45, 7) is 6.80. The number of hydrogen-bond donors (Lipinski definition) is 0. The number of ether oxygens (including phenoxy) is 4. The molecular formula is C31H36N2O9. The van der Waals surface area contributed by atoms with Crippen molar-refractivity contribution in [1.29, 1.82) is 0 Å². The standard InChI is InChI=1S/C31H36N2O9/c1-20(34)41-26(30(38)42-31(2,3)4)25-28(36)32(16-17-39-25)23-13-8-12-22(18-23)27(35)33-15-9-14-24(33)29(37)40-19-21-10-6-5-7-11-21/h5-8,10-13,18,24-26H,9,14-17,19H2,1-4H3/t24-,25+,26+/m0/s1. The molecule has 2 heterocycles. The Morgan fingerprint density at radius 2 is 1.76 bits per heavy atom. The maximum absolute atomic E-state index is 13.5. The molecule has 3 atom stereocenters. The normalized spacial score (nSPS) is 19.7. The highest BCUT2D eigenvalue weighted by molar-refractivity contribution is 6.03. The summed E-state index contributed by atoms with van der Waals surface area (Å²) in [5.41, 5.74) is 0.649. The monoisotopic (exact) mass is 580 g/mol. The van der Waals surface area contributed by atoms with E-state index in [1.165, 1.54) is 9.80 Å². The molecule has 2 fully saturated rings. The predicted octanol–water partition coefficient (Wildman–Crippen LogP) is 3.04. The van der Waals surface area contributed by atoms with E-state index in [-0.39, 0.29) is 31.2 Å². The molecule has 0 spiro atoms. The van der Waals surface area contributed by atoms with Crippen molar-refractivity contribution < 1.29 is 42.9 Å². The van der Waals surface area contributed by atoms with E-state index >= 15 is 0 Å². The summed E-state index contributed by atoms with van der Waals surface area (Å²) in [6, 6.07) is 15.1. The van der Waals surface area contributed by atoms with E-state index in [4.69, 9.17) is 18.9 Å². The van der Waals surface area contributed by atoms with E-state index in [2.05, 4.69) is 0 Å². The quantitative estimate of drug-likeness (QED) is 0.342. The molecule has 0 bridgehead atoms. The van der Waals surface area contributed by atoms with Crippen molar-refractivity contribution in [1.82, 2.24) is 4.90 Å². The van der Waals surface area contributed by atoms with Gasteiger partial charge in [0, 0.05) is 31.3 Å². The zero-order chi connectivity index (χ0) is 30.4. The Kier molecular flexibility index (Phi) is 9.62. The molecule has 0 N–H and O–H groups in total. The molecule has 42 heavy (non-hydrogen) atoms. The number of amides is 2. The molecule has 0 aliphatic carbocycles. The number of esters is 3. The van der Waals surface area contributed by atoms with Gasteiger partial charge in [0.05, 0.1) is 6.61 Å². The minimum Gasteiger partial charge on any atom is -0.459 e. The van der Waals surface area contributed by atoms with Gasteiger partial charge >= 0.3 is 17.9 Å². The number of carbonyl (C=O) groups excluding carboxylic acids is 5. The Labute approximate surface area is 244 Å². The Bertz CT molecular complexity index is 1320. The molecule has 2 aromatic carbocycles. The fourth-order valence-corrected chi connectivity index (χ4v) is 4.90. The van der Waals surface area contributed by atoms with Gasteiger partial charge in [-0.2, -0.15) is 0 Å². The highest BCUT2D eigenvalue weighted by Gasteiger charge is 2.44. The van der Waals surface area contributed by atoms with Crippen LogP contribution in [0.5, 0.6) is 0 Å². The maximum atomic E-state index is 13.5. The molecule has 2 aliphatic rings. The van der Waals surface area contributed by atoms with Crippen LogP contribution in [0.2, 0.25) is 0 Å². The van der Waals surface area contributed by atoms with Crippen LogP contribution in [0.25, 0.3) is 0 Å². The van der Waals surface area contributed by atoms with Gasteiger partial charge in [-0.25, -0.2) is 9.59 Å². The lowest BCUT2D eigenvalue weighted by Crippen LogP contribution is -2.56. The summed E-state index contributed by atoms with van der Waals surface area (Å²) in [7, 11) is 0. The molecule has 11 nitrogen and oxygen atoms in total. The second-order valence-corrected chi connectivity index (χ2v) is 11.1. The molecule has 224 valence electrons. The van der Waals surface area contributed by atoms with Crippen LogP contribution in [0.4, 0.5) is 5.69 Å². The van der Waals surface area contributed by atoms with E-state index in [0.717, 1.165) is 12.5 Å². The molecule has 2 saturated heterocycles. The van der Waals surface area contributed by atoms with Crippen LogP contribution in [0.3, 0.4) is 0 Å². The second kappa shape index (κ2) is 13.2. The highest BCUT2D eigenvalue weighted by atomic mass is 16.6. The van der Waals surface area contributed by atoms with E-state index < -0.39 is 47.7 Å². The second-order valence-electron chi connectivity index (χ2n) is 11.1. The molecule has 0 aromatic heterocycles. The summed E-state index contributed by atoms with van der Waals surface area (Å²) in [5.74, 6) is -3.12. The Morgan fingerprint density at radius 1 is 1.02 bits per heavy atom. The van der Waals surface area contributed by atoms with Gasteiger partial charge in [-0.15, -0.1) is 0 Å². The van der Waals surface area contributed by atoms with Crippen molar-refractivity contribution in [2.45, 2.75) is 71.0 Å². The Balaban J connectivity index is 1.49. The minimum absolute atomic E-state index is 0.0522. The zero-order valence-electron chi connectivity index (χ0n) is 24.2. The van der Waals surface area contributed by atoms with E-state index in [0.29, 0.717) is 25.1 Å². The fourth-order valence-electron chi connectivity index (χ4n) is 4.90. The predicted molar refractivity (Wildman–Crippen MR) is 150 cm³/mol. The summed E-state index contributed by atoms with van der Waals surface area (Å²) in [6.07, 6.45) is -1.89. The van der Waals surface area contributed by atoms with Gasteiger partial charge < -0.3 is 28.7 Å². The number of benzene rings is 2. The van der Waals surface area contributed by atoms with E-state index in [1.54, 1.807) is 45.0 Å². The lowest BCUT2D eigenvalue weighted by atomic mass is 10.1. The smallest absolute Gasteiger partial charge is 0.351 e. The first-order valence-electron chi connectivity index (χ1n) is 13.9. The van der Waals surface area contributed by atoms with Crippen LogP contribution in [0.1, 0.15) is 56.5 Å². The topological polar surface area (TPSA) is 129 Å². The fraction of sp³-hybridized carbons (Fsp3) is 0.452. The van der Waals surface area contributed by atoms with Crippen molar-refractivity contribution in [2.24, 2.45) is 0 Å². The summed E-state index contributed by atoms with van der Waals surface area (Å²) in [4.78, 5) is 67.4. The van der Waals surface area contributed by atoms with Gasteiger partial charge in [-0.1, -0.05) is 36.4 Å². The minimum atomic E-state index is -1.60. The van der Waals surface area contributed by atoms with Crippen LogP contribution in [0, 0.1) is 0 Å². The maximum Gasteiger partial charge on any atom is 0.351 e. The molecule has 2 aliphatic heterocycles. The third-order valence-corrected chi connectivity index (χ3v) is 6.74. The average molecular weight is 581 g/mol. The van der Waals surface area contributed by atoms with Gasteiger partial charge in [-0.3, -0.25) is 14.4 Å². The summed E-state index contributed by atoms with van der Waals surface area (Å²) < 4.78 is 21.6. The van der Waals surface area contributed by atoms with Gasteiger partial charge in [0.1, 0.15) is 18.2 Å². The molecule has 0 radical (unpaired) electrons. The highest BCUT2D eigenvalue weighted by Crippen LogP contribution is 2.27. The lowest BCUT2D eigenvalue weighted by Gasteiger charge is -2.35. The third kappa shape index (κ3) is 7.52. The molecule has 2 amide bonds. The van der Waals surface area contributed by atoms with Crippen LogP contribution < -0.4 is 4.90 Å². The van der Waals surface area contributed by atoms with Crippen LogP contribution in [-0.2, 0) is 44.7 Å². The first-order valence-corrected chi connectivity index (χ1v) is 13.9. The first-order chi connectivity index (χ1) is 19.9. The molecule has 0 unspecified atom stereocenters. The van der Waals surface area contributed by atoms with Crippen LogP contribution in [0.15, 0.2) is 54.6 Å². The largest absolute Gasteiger partial charge is 0.459 e. The summed E-state index contributed by atoms with van der Waals surface area (Å²) >= 11 is 0. The number of carbonyl (C=O) groups is 5. The van der Waals surface area contributed by atoms with E-state index in [9.17, 15) is 24.0 Å². The molecular weight excluding hydrogens is 544 g/mol. The first kappa shape index (κ1) is 30.7. The van der Waals surface area contributed by atoms with Gasteiger partial charge in [0.15, 0.2) is 6.10 Å². The van der Waals surface area contributed by atoms with Crippen LogP contribution >= 0.6 is 0 Å². The number of hydrogen-bond acceptors (Lipinski definition) is 9. The van der Waals surface area contributed by atoms with Crippen LogP contribution in [-0.4, -0.2) is 78.2 Å². The Morgan fingerprint density at radius 3 is 2.45 bits per heavy atom. The SMILES string of the molecule is CC(=O)O[C@@H](C(=O)OC(C)(C)C)[C@H]1OCCN(c2cccc(C(=O)N3CCC[C@H]3C(=O)OCc3ccccc3)c2)C1=O. The van der Waals surface area contributed by atoms with E-state index in [1.807, 2.05) is 30.3 Å². The number of likely N-dealkylation sites (tertiary alicyclic amines) is 1. The van der Waals surface area contributed by atoms with Gasteiger partial charge in [-0.05, 0) is 57.4 Å². The van der Waals surface area contributed by atoms with Crippen molar-refractivity contribution in [3.8, 4) is 0 Å². The number of morpholine rings is 1. The van der Waals surface area contributed by atoms with Gasteiger partial charge in [0.25, 0.3) is 11.8 Å². The number of rotatable bonds is 8. The molecule has 4 rings (SSSR count). The van der Waals surface area contributed by atoms with Crippen molar-refractivity contribution in [3.05, 3.63) is 65.7 Å². The summed E-state index contributed by atoms with van der Waals surface area (Å²) in [5, 5.41) is 0. The number of nitrogens with zero attached hydrogens (tertiary/aromatic N) is 2. The molecule has 11 heteroatoms. The number of anilines is 1. The van der Waals surface area contributed by atoms with Crippen molar-refractivity contribution in [3.63, 3.8) is 0 Å². The van der Waals surface area contributed by atoms with Crippen molar-refractivity contribution in [2.75, 3.05) is 24.6 Å². The third-order valence-electron chi connectivity index (χ3n) is 6.74. The lowest BCUT2D eigenvalue weighted by molar-refractivity contribution is -0.188. The molecule has 2 aromatic rings. The van der Waals surface area contributed by atoms with Gasteiger partial charge in [0.2, 0.25) is 6.10 Å². The molecule has 0 saturated carbocycles. The zero-order valence-corrected chi connectivity index (χ0v) is 24.2. The van der Waals surface area contributed by atoms with Crippen molar-refractivity contribution >= 4 is 35.4 Å². The average Bonchev–Trinajstić information content (AvgIpc) is 3.44. The Hall–Kier alpha value is -4.25.